The molecule has 0 aliphatic rings. The summed E-state index contributed by atoms with van der Waals surface area (Å²) in [5.74, 6) is 0. The fraction of sp³-hybridized carbons (Fsp3) is 0.231. The van der Waals surface area contributed by atoms with Gasteiger partial charge in [0.2, 0.25) is 0 Å². The number of thiocarbonyl (C=S) groups is 1. The van der Waals surface area contributed by atoms with Crippen molar-refractivity contribution in [2.75, 3.05) is 5.32 Å². The minimum Gasteiger partial charge on any atom is -0.389 e. The molecule has 4 nitrogen and oxygen atoms in total. The van der Waals surface area contributed by atoms with E-state index >= 15 is 0 Å². The Hall–Kier alpha value is -1.88. The quantitative estimate of drug-likeness (QED) is 0.825. The van der Waals surface area contributed by atoms with Gasteiger partial charge in [-0.1, -0.05) is 24.4 Å². The lowest BCUT2D eigenvalue weighted by Gasteiger charge is -2.14. The lowest BCUT2D eigenvalue weighted by molar-refractivity contribution is 0.720. The monoisotopic (exact) mass is 260 g/mol. The topological polar surface area (TPSA) is 55.9 Å². The molecule has 0 amide bonds. The summed E-state index contributed by atoms with van der Waals surface area (Å²) in [5, 5.41) is 7.51. The van der Waals surface area contributed by atoms with E-state index in [1.807, 2.05) is 42.9 Å². The Morgan fingerprint density at radius 3 is 2.83 bits per heavy atom. The van der Waals surface area contributed by atoms with Crippen LogP contribution >= 0.6 is 12.2 Å². The van der Waals surface area contributed by atoms with Gasteiger partial charge >= 0.3 is 0 Å². The number of hydrogen-bond acceptors (Lipinski definition) is 3. The molecule has 0 fully saturated rings. The first-order valence-electron chi connectivity index (χ1n) is 5.69. The van der Waals surface area contributed by atoms with Crippen molar-refractivity contribution < 1.29 is 0 Å². The highest BCUT2D eigenvalue weighted by Gasteiger charge is 2.08. The summed E-state index contributed by atoms with van der Waals surface area (Å²) in [6.07, 6.45) is 1.78. The molecule has 94 valence electrons. The van der Waals surface area contributed by atoms with Crippen molar-refractivity contribution >= 4 is 22.9 Å². The molecular weight excluding hydrogens is 244 g/mol. The van der Waals surface area contributed by atoms with Gasteiger partial charge in [-0.15, -0.1) is 0 Å². The highest BCUT2D eigenvalue weighted by Crippen LogP contribution is 2.21. The Labute approximate surface area is 112 Å². The molecule has 0 radical (unpaired) electrons. The summed E-state index contributed by atoms with van der Waals surface area (Å²) in [7, 11) is 1.92. The number of benzene rings is 1. The molecule has 1 aromatic heterocycles. The number of nitrogens with two attached hydrogens (primary N) is 1. The Morgan fingerprint density at radius 1 is 1.44 bits per heavy atom. The third-order valence-electron chi connectivity index (χ3n) is 2.91. The molecule has 0 aliphatic heterocycles. The van der Waals surface area contributed by atoms with Crippen LogP contribution in [0.3, 0.4) is 0 Å². The first-order chi connectivity index (χ1) is 8.59. The van der Waals surface area contributed by atoms with Crippen molar-refractivity contribution in [2.45, 2.75) is 13.5 Å². The molecule has 0 spiro atoms. The summed E-state index contributed by atoms with van der Waals surface area (Å²) in [4.78, 5) is 0.409. The van der Waals surface area contributed by atoms with E-state index in [-0.39, 0.29) is 0 Å². The molecule has 2 aromatic rings. The van der Waals surface area contributed by atoms with Crippen molar-refractivity contribution in [3.8, 4) is 0 Å². The van der Waals surface area contributed by atoms with E-state index in [2.05, 4.69) is 10.4 Å². The van der Waals surface area contributed by atoms with Crippen LogP contribution < -0.4 is 11.1 Å². The summed E-state index contributed by atoms with van der Waals surface area (Å²) < 4.78 is 1.84. The normalized spacial score (nSPS) is 10.3. The lowest BCUT2D eigenvalue weighted by atomic mass is 10.1. The van der Waals surface area contributed by atoms with E-state index in [1.54, 1.807) is 6.20 Å². The van der Waals surface area contributed by atoms with E-state index in [0.717, 1.165) is 22.5 Å². The van der Waals surface area contributed by atoms with Gasteiger partial charge in [-0.2, -0.15) is 5.10 Å². The molecule has 0 bridgehead atoms. The van der Waals surface area contributed by atoms with E-state index < -0.39 is 0 Å². The standard InChI is InChI=1S/C13H16N4S/c1-9-4-3-5-11(13(14)18)12(9)15-8-10-6-7-16-17(10)2/h3-7,15H,8H2,1-2H3,(H2,14,18). The highest BCUT2D eigenvalue weighted by atomic mass is 32.1. The second-order valence-corrected chi connectivity index (χ2v) is 4.60. The number of nitrogens with one attached hydrogen (secondary N) is 1. The van der Waals surface area contributed by atoms with Gasteiger partial charge in [-0.05, 0) is 24.6 Å². The Morgan fingerprint density at radius 2 is 2.22 bits per heavy atom. The van der Waals surface area contributed by atoms with Gasteiger partial charge in [0.25, 0.3) is 0 Å². The number of anilines is 1. The largest absolute Gasteiger partial charge is 0.389 e. The minimum atomic E-state index is 0.409. The minimum absolute atomic E-state index is 0.409. The van der Waals surface area contributed by atoms with Crippen LogP contribution in [0.5, 0.6) is 0 Å². The summed E-state index contributed by atoms with van der Waals surface area (Å²) in [6, 6.07) is 7.90. The second-order valence-electron chi connectivity index (χ2n) is 4.16. The number of aryl methyl sites for hydroxylation is 2. The van der Waals surface area contributed by atoms with Crippen molar-refractivity contribution in [1.29, 1.82) is 0 Å². The van der Waals surface area contributed by atoms with Crippen molar-refractivity contribution in [3.63, 3.8) is 0 Å². The first-order valence-corrected chi connectivity index (χ1v) is 6.10. The Bertz CT molecular complexity index is 574. The molecule has 1 aromatic carbocycles. The molecular formula is C13H16N4S. The zero-order chi connectivity index (χ0) is 13.1. The predicted octanol–water partition coefficient (Wildman–Crippen LogP) is 1.97. The molecule has 0 saturated heterocycles. The van der Waals surface area contributed by atoms with Crippen molar-refractivity contribution in [2.24, 2.45) is 12.8 Å². The predicted molar refractivity (Wildman–Crippen MR) is 77.6 cm³/mol. The number of para-hydroxylation sites is 1. The maximum atomic E-state index is 5.74. The molecule has 18 heavy (non-hydrogen) atoms. The van der Waals surface area contributed by atoms with Gasteiger partial charge in [0.1, 0.15) is 4.99 Å². The van der Waals surface area contributed by atoms with E-state index in [0.29, 0.717) is 11.5 Å². The van der Waals surface area contributed by atoms with Crippen LogP contribution in [0.4, 0.5) is 5.69 Å². The molecule has 0 aliphatic carbocycles. The Balaban J connectivity index is 2.24. The lowest BCUT2D eigenvalue weighted by Crippen LogP contribution is -2.15. The summed E-state index contributed by atoms with van der Waals surface area (Å²) in [5.41, 5.74) is 9.84. The van der Waals surface area contributed by atoms with Gasteiger partial charge in [0, 0.05) is 24.5 Å². The first kappa shape index (κ1) is 12.6. The average Bonchev–Trinajstić information content (AvgIpc) is 2.73. The van der Waals surface area contributed by atoms with Gasteiger partial charge in [0.15, 0.2) is 0 Å². The van der Waals surface area contributed by atoms with Gasteiger partial charge < -0.3 is 11.1 Å². The zero-order valence-corrected chi connectivity index (χ0v) is 11.3. The fourth-order valence-corrected chi connectivity index (χ4v) is 2.03. The van der Waals surface area contributed by atoms with Crippen LogP contribution in [0.25, 0.3) is 0 Å². The van der Waals surface area contributed by atoms with Gasteiger partial charge in [0.05, 0.1) is 12.2 Å². The third kappa shape index (κ3) is 2.51. The van der Waals surface area contributed by atoms with Crippen LogP contribution in [0.1, 0.15) is 16.8 Å². The number of hydrogen-bond donors (Lipinski definition) is 2. The molecule has 1 heterocycles. The highest BCUT2D eigenvalue weighted by molar-refractivity contribution is 7.80. The van der Waals surface area contributed by atoms with E-state index in [1.165, 1.54) is 0 Å². The van der Waals surface area contributed by atoms with E-state index in [4.69, 9.17) is 18.0 Å². The summed E-state index contributed by atoms with van der Waals surface area (Å²) >= 11 is 5.07. The SMILES string of the molecule is Cc1cccc(C(N)=S)c1NCc1ccnn1C. The molecule has 5 heteroatoms. The van der Waals surface area contributed by atoms with Crippen LogP contribution in [0.15, 0.2) is 30.5 Å². The van der Waals surface area contributed by atoms with Crippen LogP contribution in [-0.2, 0) is 13.6 Å². The van der Waals surface area contributed by atoms with Gasteiger partial charge in [-0.3, -0.25) is 4.68 Å². The molecule has 0 atom stereocenters. The number of rotatable bonds is 4. The van der Waals surface area contributed by atoms with Crippen LogP contribution in [0.2, 0.25) is 0 Å². The molecule has 0 saturated carbocycles. The van der Waals surface area contributed by atoms with Crippen molar-refractivity contribution in [3.05, 3.63) is 47.3 Å². The molecule has 3 N–H and O–H groups in total. The number of nitrogens with zero attached hydrogens (tertiary/aromatic N) is 2. The molecule has 0 unspecified atom stereocenters. The van der Waals surface area contributed by atoms with Crippen LogP contribution in [-0.4, -0.2) is 14.8 Å². The second kappa shape index (κ2) is 5.18. The van der Waals surface area contributed by atoms with E-state index in [9.17, 15) is 0 Å². The van der Waals surface area contributed by atoms with Gasteiger partial charge in [-0.25, -0.2) is 0 Å². The maximum Gasteiger partial charge on any atom is 0.106 e. The summed E-state index contributed by atoms with van der Waals surface area (Å²) in [6.45, 7) is 2.73. The molecule has 2 rings (SSSR count). The number of aromatic nitrogens is 2. The van der Waals surface area contributed by atoms with Crippen molar-refractivity contribution in [1.82, 2.24) is 9.78 Å². The fourth-order valence-electron chi connectivity index (χ4n) is 1.86. The smallest absolute Gasteiger partial charge is 0.106 e. The Kier molecular flexibility index (Phi) is 3.62. The van der Waals surface area contributed by atoms with Crippen LogP contribution in [0, 0.1) is 6.92 Å². The average molecular weight is 260 g/mol. The zero-order valence-electron chi connectivity index (χ0n) is 10.5. The third-order valence-corrected chi connectivity index (χ3v) is 3.13. The maximum absolute atomic E-state index is 5.74.